The van der Waals surface area contributed by atoms with E-state index in [4.69, 9.17) is 4.74 Å². The molecule has 0 saturated heterocycles. The van der Waals surface area contributed by atoms with E-state index in [0.717, 1.165) is 39.3 Å². The van der Waals surface area contributed by atoms with Gasteiger partial charge in [0, 0.05) is 24.4 Å². The van der Waals surface area contributed by atoms with Crippen molar-refractivity contribution in [3.05, 3.63) is 17.5 Å². The van der Waals surface area contributed by atoms with Gasteiger partial charge in [0.05, 0.1) is 19.3 Å². The summed E-state index contributed by atoms with van der Waals surface area (Å²) in [6.45, 7) is 13.0. The van der Waals surface area contributed by atoms with Gasteiger partial charge in [0.2, 0.25) is 0 Å². The Bertz CT molecular complexity index is 334. The molecule has 4 nitrogen and oxygen atoms in total. The summed E-state index contributed by atoms with van der Waals surface area (Å²) in [4.78, 5) is 0. The Morgan fingerprint density at radius 3 is 2.89 bits per heavy atom. The quantitative estimate of drug-likeness (QED) is 0.687. The number of hydrogen-bond acceptors (Lipinski definition) is 3. The van der Waals surface area contributed by atoms with Gasteiger partial charge in [-0.05, 0) is 25.8 Å². The van der Waals surface area contributed by atoms with Crippen LogP contribution in [-0.4, -0.2) is 29.5 Å². The summed E-state index contributed by atoms with van der Waals surface area (Å²) in [5.74, 6) is 0.595. The lowest BCUT2D eigenvalue weighted by molar-refractivity contribution is 0.101. The first-order chi connectivity index (χ1) is 8.65. The van der Waals surface area contributed by atoms with Crippen LogP contribution in [0.4, 0.5) is 0 Å². The zero-order valence-corrected chi connectivity index (χ0v) is 12.2. The van der Waals surface area contributed by atoms with Crippen molar-refractivity contribution in [1.29, 1.82) is 0 Å². The lowest BCUT2D eigenvalue weighted by atomic mass is 10.2. The molecule has 0 aromatic carbocycles. The van der Waals surface area contributed by atoms with Crippen LogP contribution in [0.15, 0.2) is 6.20 Å². The fourth-order valence-electron chi connectivity index (χ4n) is 1.75. The van der Waals surface area contributed by atoms with Gasteiger partial charge in [0.25, 0.3) is 0 Å². The van der Waals surface area contributed by atoms with E-state index in [-0.39, 0.29) is 0 Å². The SMILES string of the molecule is CCCNCc1cnn(CCOCC(C)C)c1C. The molecule has 1 N–H and O–H groups in total. The van der Waals surface area contributed by atoms with Crippen molar-refractivity contribution in [2.24, 2.45) is 5.92 Å². The molecule has 1 aromatic heterocycles. The highest BCUT2D eigenvalue weighted by Gasteiger charge is 2.05. The zero-order valence-electron chi connectivity index (χ0n) is 12.2. The van der Waals surface area contributed by atoms with Crippen molar-refractivity contribution in [2.75, 3.05) is 19.8 Å². The van der Waals surface area contributed by atoms with Crippen LogP contribution >= 0.6 is 0 Å². The molecule has 1 aromatic rings. The summed E-state index contributed by atoms with van der Waals surface area (Å²) in [6.07, 6.45) is 3.12. The Balaban J connectivity index is 2.33. The molecule has 0 fully saturated rings. The largest absolute Gasteiger partial charge is 0.379 e. The standard InChI is InChI=1S/C14H27N3O/c1-5-6-15-9-14-10-16-17(13(14)4)7-8-18-11-12(2)3/h10,12,15H,5-9,11H2,1-4H3. The summed E-state index contributed by atoms with van der Waals surface area (Å²) in [5.41, 5.74) is 2.53. The number of nitrogens with one attached hydrogen (secondary N) is 1. The van der Waals surface area contributed by atoms with Crippen LogP contribution in [0.25, 0.3) is 0 Å². The van der Waals surface area contributed by atoms with E-state index in [0.29, 0.717) is 5.92 Å². The summed E-state index contributed by atoms with van der Waals surface area (Å²) < 4.78 is 7.62. The lowest BCUT2D eigenvalue weighted by Gasteiger charge is -2.08. The first-order valence-corrected chi connectivity index (χ1v) is 6.94. The Labute approximate surface area is 111 Å². The van der Waals surface area contributed by atoms with Gasteiger partial charge in [-0.3, -0.25) is 4.68 Å². The first-order valence-electron chi connectivity index (χ1n) is 6.94. The van der Waals surface area contributed by atoms with Crippen molar-refractivity contribution >= 4 is 0 Å². The van der Waals surface area contributed by atoms with Crippen LogP contribution in [0.2, 0.25) is 0 Å². The Morgan fingerprint density at radius 1 is 1.44 bits per heavy atom. The lowest BCUT2D eigenvalue weighted by Crippen LogP contribution is -2.15. The van der Waals surface area contributed by atoms with E-state index in [1.165, 1.54) is 11.3 Å². The van der Waals surface area contributed by atoms with Crippen LogP contribution in [0.5, 0.6) is 0 Å². The number of ether oxygens (including phenoxy) is 1. The fourth-order valence-corrected chi connectivity index (χ4v) is 1.75. The number of nitrogens with zero attached hydrogens (tertiary/aromatic N) is 2. The second-order valence-corrected chi connectivity index (χ2v) is 5.12. The van der Waals surface area contributed by atoms with Gasteiger partial charge in [0.15, 0.2) is 0 Å². The van der Waals surface area contributed by atoms with Crippen LogP contribution in [0.1, 0.15) is 38.4 Å². The third-order valence-corrected chi connectivity index (χ3v) is 2.85. The summed E-state index contributed by atoms with van der Waals surface area (Å²) in [5, 5.41) is 7.81. The van der Waals surface area contributed by atoms with E-state index >= 15 is 0 Å². The first kappa shape index (κ1) is 15.2. The van der Waals surface area contributed by atoms with E-state index in [1.807, 2.05) is 10.9 Å². The van der Waals surface area contributed by atoms with Gasteiger partial charge < -0.3 is 10.1 Å². The molecule has 0 aliphatic heterocycles. The molecule has 18 heavy (non-hydrogen) atoms. The normalized spacial score (nSPS) is 11.4. The molecule has 1 heterocycles. The molecule has 0 aliphatic carbocycles. The minimum atomic E-state index is 0.595. The second-order valence-electron chi connectivity index (χ2n) is 5.12. The average Bonchev–Trinajstić information content (AvgIpc) is 2.67. The van der Waals surface area contributed by atoms with Gasteiger partial charge in [-0.25, -0.2) is 0 Å². The highest BCUT2D eigenvalue weighted by atomic mass is 16.5. The van der Waals surface area contributed by atoms with Gasteiger partial charge in [-0.15, -0.1) is 0 Å². The van der Waals surface area contributed by atoms with E-state index in [2.05, 4.69) is 38.1 Å². The molecule has 0 spiro atoms. The molecule has 0 radical (unpaired) electrons. The summed E-state index contributed by atoms with van der Waals surface area (Å²) in [7, 11) is 0. The number of aromatic nitrogens is 2. The molecule has 0 aliphatic rings. The summed E-state index contributed by atoms with van der Waals surface area (Å²) in [6, 6.07) is 0. The molecule has 0 amide bonds. The van der Waals surface area contributed by atoms with E-state index in [1.54, 1.807) is 0 Å². The number of rotatable bonds is 9. The van der Waals surface area contributed by atoms with Crippen LogP contribution in [0.3, 0.4) is 0 Å². The maximum absolute atomic E-state index is 5.59. The maximum atomic E-state index is 5.59. The maximum Gasteiger partial charge on any atom is 0.0662 e. The smallest absolute Gasteiger partial charge is 0.0662 e. The van der Waals surface area contributed by atoms with Crippen LogP contribution in [-0.2, 0) is 17.8 Å². The Morgan fingerprint density at radius 2 is 2.22 bits per heavy atom. The van der Waals surface area contributed by atoms with Gasteiger partial charge in [-0.2, -0.15) is 5.10 Å². The molecule has 0 unspecified atom stereocenters. The van der Waals surface area contributed by atoms with E-state index < -0.39 is 0 Å². The van der Waals surface area contributed by atoms with Crippen molar-refractivity contribution in [3.63, 3.8) is 0 Å². The third kappa shape index (κ3) is 5.19. The molecular weight excluding hydrogens is 226 g/mol. The van der Waals surface area contributed by atoms with Gasteiger partial charge in [0.1, 0.15) is 0 Å². The highest BCUT2D eigenvalue weighted by molar-refractivity contribution is 5.15. The molecule has 0 bridgehead atoms. The molecular formula is C14H27N3O. The summed E-state index contributed by atoms with van der Waals surface area (Å²) >= 11 is 0. The van der Waals surface area contributed by atoms with Crippen molar-refractivity contribution < 1.29 is 4.74 Å². The molecule has 0 atom stereocenters. The molecule has 4 heteroatoms. The van der Waals surface area contributed by atoms with Crippen molar-refractivity contribution in [1.82, 2.24) is 15.1 Å². The van der Waals surface area contributed by atoms with Crippen LogP contribution in [0, 0.1) is 12.8 Å². The highest BCUT2D eigenvalue weighted by Crippen LogP contribution is 2.06. The predicted octanol–water partition coefficient (Wildman–Crippen LogP) is 2.36. The van der Waals surface area contributed by atoms with Crippen molar-refractivity contribution in [3.8, 4) is 0 Å². The number of hydrogen-bond donors (Lipinski definition) is 1. The second kappa shape index (κ2) is 8.27. The molecule has 1 rings (SSSR count). The van der Waals surface area contributed by atoms with Gasteiger partial charge in [-0.1, -0.05) is 20.8 Å². The minimum absolute atomic E-state index is 0.595. The monoisotopic (exact) mass is 253 g/mol. The molecule has 104 valence electrons. The van der Waals surface area contributed by atoms with Gasteiger partial charge >= 0.3 is 0 Å². The Hall–Kier alpha value is -0.870. The zero-order chi connectivity index (χ0) is 13.4. The fraction of sp³-hybridized carbons (Fsp3) is 0.786. The van der Waals surface area contributed by atoms with Crippen molar-refractivity contribution in [2.45, 2.75) is 47.2 Å². The topological polar surface area (TPSA) is 39.1 Å². The average molecular weight is 253 g/mol. The van der Waals surface area contributed by atoms with E-state index in [9.17, 15) is 0 Å². The Kier molecular flexibility index (Phi) is 6.98. The van der Waals surface area contributed by atoms with Crippen LogP contribution < -0.4 is 5.32 Å². The predicted molar refractivity (Wildman–Crippen MR) is 74.6 cm³/mol. The third-order valence-electron chi connectivity index (χ3n) is 2.85. The minimum Gasteiger partial charge on any atom is -0.379 e. The molecule has 0 saturated carbocycles.